The first kappa shape index (κ1) is 38.3. The molecular weight excluding hydrogens is 633 g/mol. The van der Waals surface area contributed by atoms with Crippen molar-refractivity contribution in [3.63, 3.8) is 0 Å². The van der Waals surface area contributed by atoms with Gasteiger partial charge in [0.25, 0.3) is 0 Å². The molecule has 1 aliphatic heterocycles. The first-order valence-electron chi connectivity index (χ1n) is 16.9. The molecular formula is C37H51MnN5O4. The van der Waals surface area contributed by atoms with E-state index in [1.807, 2.05) is 36.4 Å². The van der Waals surface area contributed by atoms with Gasteiger partial charge in [0, 0.05) is 67.4 Å². The number of nitrogens with one attached hydrogen (secondary N) is 4. The molecule has 0 saturated heterocycles. The molecule has 9 nitrogen and oxygen atoms in total. The second kappa shape index (κ2) is 21.7. The van der Waals surface area contributed by atoms with Gasteiger partial charge in [0.05, 0.1) is 24.2 Å². The number of aromatic nitrogens is 1. The Morgan fingerprint density at radius 3 is 1.28 bits per heavy atom. The SMILES string of the molecule is O=C(O)Cc1ccccc1.O=C(O)Cc1ccccc1.[Mn].c1cc2nc(c1)CN[C@H]1CCCC[C@@H]1NCCN[C@H]1CCCC[C@@H]1NC2. The summed E-state index contributed by atoms with van der Waals surface area (Å²) in [5.74, 6) is -1.57. The average Bonchev–Trinajstić information content (AvgIpc) is 3.07. The number of carbonyl (C=O) groups is 2. The maximum Gasteiger partial charge on any atom is 0.307 e. The second-order valence-corrected chi connectivity index (χ2v) is 12.4. The second-order valence-electron chi connectivity index (χ2n) is 12.4. The van der Waals surface area contributed by atoms with Crippen molar-refractivity contribution in [1.82, 2.24) is 26.3 Å². The number of nitrogens with zero attached hydrogens (tertiary/aromatic N) is 1. The summed E-state index contributed by atoms with van der Waals surface area (Å²) >= 11 is 0. The summed E-state index contributed by atoms with van der Waals surface area (Å²) in [4.78, 5) is 25.2. The van der Waals surface area contributed by atoms with Crippen molar-refractivity contribution in [3.05, 3.63) is 101 Å². The largest absolute Gasteiger partial charge is 0.481 e. The molecule has 3 aromatic rings. The Morgan fingerprint density at radius 1 is 0.553 bits per heavy atom. The van der Waals surface area contributed by atoms with E-state index in [4.69, 9.17) is 15.2 Å². The van der Waals surface area contributed by atoms with E-state index >= 15 is 0 Å². The molecule has 1 radical (unpaired) electrons. The van der Waals surface area contributed by atoms with Crippen molar-refractivity contribution in [3.8, 4) is 0 Å². The van der Waals surface area contributed by atoms with E-state index in [9.17, 15) is 9.59 Å². The summed E-state index contributed by atoms with van der Waals surface area (Å²) in [6, 6.07) is 27.1. The number of rotatable bonds is 4. The summed E-state index contributed by atoms with van der Waals surface area (Å²) in [7, 11) is 0. The third-order valence-corrected chi connectivity index (χ3v) is 8.82. The van der Waals surface area contributed by atoms with Crippen LogP contribution < -0.4 is 21.3 Å². The van der Waals surface area contributed by atoms with Crippen molar-refractivity contribution < 1.29 is 36.9 Å². The summed E-state index contributed by atoms with van der Waals surface area (Å²) in [5, 5.41) is 32.0. The fourth-order valence-corrected chi connectivity index (χ4v) is 6.49. The van der Waals surface area contributed by atoms with E-state index in [-0.39, 0.29) is 29.9 Å². The molecule has 255 valence electrons. The van der Waals surface area contributed by atoms with Crippen LogP contribution in [0.3, 0.4) is 0 Å². The Labute approximate surface area is 290 Å². The normalized spacial score (nSPS) is 22.7. The first-order valence-corrected chi connectivity index (χ1v) is 16.9. The molecule has 6 rings (SSSR count). The number of carboxylic acid groups (broad SMARTS) is 2. The van der Waals surface area contributed by atoms with Gasteiger partial charge in [0.1, 0.15) is 0 Å². The minimum Gasteiger partial charge on any atom is -0.481 e. The molecule has 10 heteroatoms. The molecule has 1 aromatic heterocycles. The Balaban J connectivity index is 0.000000235. The fraction of sp³-hybridized carbons (Fsp3) is 0.486. The standard InChI is InChI=1S/C21H35N5.2C8H8O2.Mn/c1-3-10-20-18(8-1)22-12-13-23-19-9-2-4-11-21(19)25-15-17-7-5-6-16(26-17)14-24-20;2*9-8(10)6-7-4-2-1-3-5-7;/h5-7,18-25H,1-4,8-15H2;2*1-5H,6H2,(H,9,10);/t18-,19-,20-,21-;;;/m0.../s1. The van der Waals surface area contributed by atoms with Crippen LogP contribution in [0.2, 0.25) is 0 Å². The van der Waals surface area contributed by atoms with E-state index in [0.717, 1.165) is 37.3 Å². The van der Waals surface area contributed by atoms with Gasteiger partial charge in [0.2, 0.25) is 0 Å². The molecule has 4 atom stereocenters. The van der Waals surface area contributed by atoms with Crippen LogP contribution in [0.1, 0.15) is 73.9 Å². The van der Waals surface area contributed by atoms with Crippen LogP contribution in [-0.2, 0) is 52.6 Å². The zero-order valence-corrected chi connectivity index (χ0v) is 28.4. The molecule has 2 bridgehead atoms. The molecule has 47 heavy (non-hydrogen) atoms. The van der Waals surface area contributed by atoms with Gasteiger partial charge < -0.3 is 31.5 Å². The molecule has 3 aliphatic rings. The first-order chi connectivity index (χ1) is 22.5. The number of hydrogen-bond acceptors (Lipinski definition) is 7. The van der Waals surface area contributed by atoms with Gasteiger partial charge in [-0.1, -0.05) is 92.4 Å². The van der Waals surface area contributed by atoms with Crippen molar-refractivity contribution in [2.24, 2.45) is 0 Å². The zero-order chi connectivity index (χ0) is 32.4. The van der Waals surface area contributed by atoms with Gasteiger partial charge in [-0.3, -0.25) is 14.6 Å². The number of carboxylic acids is 2. The number of hydrogen-bond donors (Lipinski definition) is 6. The summed E-state index contributed by atoms with van der Waals surface area (Å²) in [6.45, 7) is 3.89. The predicted molar refractivity (Wildman–Crippen MR) is 182 cm³/mol. The van der Waals surface area contributed by atoms with Crippen molar-refractivity contribution in [2.75, 3.05) is 13.1 Å². The maximum absolute atomic E-state index is 10.2. The molecule has 2 aromatic carbocycles. The zero-order valence-electron chi connectivity index (χ0n) is 27.3. The van der Waals surface area contributed by atoms with Crippen LogP contribution in [0.4, 0.5) is 0 Å². The molecule has 2 saturated carbocycles. The van der Waals surface area contributed by atoms with Crippen LogP contribution in [-0.4, -0.2) is 64.4 Å². The van der Waals surface area contributed by atoms with E-state index in [1.54, 1.807) is 24.3 Å². The van der Waals surface area contributed by atoms with Gasteiger partial charge in [0.15, 0.2) is 0 Å². The molecule has 0 unspecified atom stereocenters. The third-order valence-electron chi connectivity index (χ3n) is 8.82. The minimum atomic E-state index is -0.786. The topological polar surface area (TPSA) is 136 Å². The Morgan fingerprint density at radius 2 is 0.915 bits per heavy atom. The van der Waals surface area contributed by atoms with E-state index < -0.39 is 11.9 Å². The molecule has 0 spiro atoms. The van der Waals surface area contributed by atoms with E-state index in [2.05, 4.69) is 39.5 Å². The molecule has 2 aliphatic carbocycles. The van der Waals surface area contributed by atoms with Crippen LogP contribution in [0.25, 0.3) is 0 Å². The molecule has 2 heterocycles. The van der Waals surface area contributed by atoms with E-state index in [1.165, 1.54) is 62.8 Å². The maximum atomic E-state index is 10.2. The minimum absolute atomic E-state index is 0. The molecule has 2 fully saturated rings. The van der Waals surface area contributed by atoms with Crippen LogP contribution >= 0.6 is 0 Å². The number of fused-ring (bicyclic) bond motifs is 4. The smallest absolute Gasteiger partial charge is 0.307 e. The van der Waals surface area contributed by atoms with Gasteiger partial charge in [-0.05, 0) is 48.9 Å². The van der Waals surface area contributed by atoms with Gasteiger partial charge >= 0.3 is 11.9 Å². The van der Waals surface area contributed by atoms with Crippen molar-refractivity contribution >= 4 is 11.9 Å². The number of benzene rings is 2. The number of aliphatic carboxylic acids is 2. The monoisotopic (exact) mass is 684 g/mol. The van der Waals surface area contributed by atoms with E-state index in [0.29, 0.717) is 24.2 Å². The fourth-order valence-electron chi connectivity index (χ4n) is 6.49. The van der Waals surface area contributed by atoms with Crippen LogP contribution in [0, 0.1) is 0 Å². The third kappa shape index (κ3) is 14.7. The summed E-state index contributed by atoms with van der Waals surface area (Å²) < 4.78 is 0. The quantitative estimate of drug-likeness (QED) is 0.216. The Hall–Kier alpha value is -3.11. The van der Waals surface area contributed by atoms with Gasteiger partial charge in [-0.25, -0.2) is 0 Å². The Kier molecular flexibility index (Phi) is 17.7. The van der Waals surface area contributed by atoms with Crippen molar-refractivity contribution in [2.45, 2.75) is 101 Å². The molecule has 6 N–H and O–H groups in total. The van der Waals surface area contributed by atoms with Crippen LogP contribution in [0.5, 0.6) is 0 Å². The number of pyridine rings is 1. The summed E-state index contributed by atoms with van der Waals surface area (Å²) in [5.41, 5.74) is 4.02. The van der Waals surface area contributed by atoms with Crippen LogP contribution in [0.15, 0.2) is 78.9 Å². The van der Waals surface area contributed by atoms with Gasteiger partial charge in [-0.15, -0.1) is 0 Å². The molecule has 0 amide bonds. The van der Waals surface area contributed by atoms with Gasteiger partial charge in [-0.2, -0.15) is 0 Å². The van der Waals surface area contributed by atoms with Crippen molar-refractivity contribution in [1.29, 1.82) is 0 Å². The predicted octanol–water partition coefficient (Wildman–Crippen LogP) is 4.70. The summed E-state index contributed by atoms with van der Waals surface area (Å²) in [6.07, 6.45) is 10.7. The average molecular weight is 685 g/mol. The Bertz CT molecular complexity index is 1220.